The Morgan fingerprint density at radius 2 is 1.62 bits per heavy atom. The fraction of sp³-hybridized carbons (Fsp3) is 0.222. The van der Waals surface area contributed by atoms with Gasteiger partial charge in [0.15, 0.2) is 0 Å². The number of methoxy groups -OCH3 is 1. The number of aryl methyl sites for hydroxylation is 2. The van der Waals surface area contributed by atoms with Crippen LogP contribution in [0.2, 0.25) is 0 Å². The third-order valence-corrected chi connectivity index (χ3v) is 7.25. The topological polar surface area (TPSA) is 68.6 Å². The Labute approximate surface area is 201 Å². The number of thiophene rings is 1. The number of hydrogen-bond donors (Lipinski definition) is 0. The van der Waals surface area contributed by atoms with Gasteiger partial charge < -0.3 is 9.30 Å². The van der Waals surface area contributed by atoms with Crippen LogP contribution in [0, 0.1) is 6.92 Å². The van der Waals surface area contributed by atoms with Crippen molar-refractivity contribution >= 4 is 40.0 Å². The molecule has 0 saturated carbocycles. The van der Waals surface area contributed by atoms with Crippen molar-refractivity contribution < 1.29 is 19.1 Å². The van der Waals surface area contributed by atoms with E-state index in [1.54, 1.807) is 41.7 Å². The predicted octanol–water partition coefficient (Wildman–Crippen LogP) is 5.54. The van der Waals surface area contributed by atoms with Gasteiger partial charge in [-0.1, -0.05) is 18.2 Å². The quantitative estimate of drug-likeness (QED) is 0.201. The Morgan fingerprint density at radius 1 is 0.912 bits per heavy atom. The van der Waals surface area contributed by atoms with Crippen molar-refractivity contribution in [2.45, 2.75) is 26.3 Å². The van der Waals surface area contributed by atoms with Crippen molar-refractivity contribution in [2.75, 3.05) is 13.7 Å². The summed E-state index contributed by atoms with van der Waals surface area (Å²) < 4.78 is 7.05. The van der Waals surface area contributed by atoms with Gasteiger partial charge in [-0.3, -0.25) is 14.5 Å². The summed E-state index contributed by atoms with van der Waals surface area (Å²) in [6.45, 7) is 3.17. The third kappa shape index (κ3) is 3.82. The number of carbonyl (C=O) groups is 3. The lowest BCUT2D eigenvalue weighted by Crippen LogP contribution is -2.30. The molecule has 2 aromatic heterocycles. The van der Waals surface area contributed by atoms with E-state index < -0.39 is 0 Å². The second-order valence-electron chi connectivity index (χ2n) is 8.38. The molecule has 2 aromatic carbocycles. The molecule has 7 heteroatoms. The predicted molar refractivity (Wildman–Crippen MR) is 132 cm³/mol. The summed E-state index contributed by atoms with van der Waals surface area (Å²) in [5.41, 5.74) is 3.56. The largest absolute Gasteiger partial charge is 0.465 e. The maximum absolute atomic E-state index is 12.6. The Morgan fingerprint density at radius 3 is 2.26 bits per heavy atom. The number of fused-ring (bicyclic) bond motifs is 2. The molecule has 4 aromatic rings. The van der Waals surface area contributed by atoms with E-state index in [4.69, 9.17) is 4.74 Å². The van der Waals surface area contributed by atoms with Crippen LogP contribution in [0.5, 0.6) is 0 Å². The summed E-state index contributed by atoms with van der Waals surface area (Å²) >= 11 is 1.74. The Balaban J connectivity index is 1.35. The van der Waals surface area contributed by atoms with Crippen molar-refractivity contribution in [3.8, 4) is 10.4 Å². The highest BCUT2D eigenvalue weighted by Gasteiger charge is 2.34. The summed E-state index contributed by atoms with van der Waals surface area (Å²) in [5.74, 6) is -0.802. The van der Waals surface area contributed by atoms with Crippen LogP contribution in [0.25, 0.3) is 21.3 Å². The summed E-state index contributed by atoms with van der Waals surface area (Å²) in [6.07, 6.45) is 3.59. The number of rotatable bonds is 7. The monoisotopic (exact) mass is 472 g/mol. The van der Waals surface area contributed by atoms with E-state index in [-0.39, 0.29) is 17.8 Å². The molecule has 1 aliphatic rings. The van der Waals surface area contributed by atoms with Crippen molar-refractivity contribution in [3.05, 3.63) is 82.4 Å². The minimum atomic E-state index is -0.367. The molecule has 172 valence electrons. The van der Waals surface area contributed by atoms with E-state index in [0.717, 1.165) is 22.9 Å². The van der Waals surface area contributed by atoms with Crippen LogP contribution < -0.4 is 0 Å². The maximum atomic E-state index is 12.6. The van der Waals surface area contributed by atoms with Crippen molar-refractivity contribution in [3.63, 3.8) is 0 Å². The van der Waals surface area contributed by atoms with E-state index >= 15 is 0 Å². The molecule has 34 heavy (non-hydrogen) atoms. The number of aromatic nitrogens is 1. The van der Waals surface area contributed by atoms with Crippen LogP contribution in [0.15, 0.2) is 60.8 Å². The third-order valence-electron chi connectivity index (χ3n) is 6.22. The number of amides is 2. The molecule has 6 nitrogen and oxygen atoms in total. The maximum Gasteiger partial charge on any atom is 0.337 e. The molecule has 0 fully saturated rings. The van der Waals surface area contributed by atoms with E-state index in [9.17, 15) is 14.4 Å². The molecule has 0 saturated heterocycles. The molecule has 2 amide bonds. The number of benzene rings is 2. The second-order valence-corrected chi connectivity index (χ2v) is 9.67. The first-order valence-corrected chi connectivity index (χ1v) is 12.0. The minimum absolute atomic E-state index is 0.218. The first-order chi connectivity index (χ1) is 16.5. The fourth-order valence-electron chi connectivity index (χ4n) is 4.49. The molecule has 5 rings (SSSR count). The Kier molecular flexibility index (Phi) is 5.79. The van der Waals surface area contributed by atoms with E-state index in [2.05, 4.69) is 29.8 Å². The summed E-state index contributed by atoms with van der Waals surface area (Å²) in [4.78, 5) is 41.1. The number of ether oxygens (including phenoxy) is 1. The molecule has 0 N–H and O–H groups in total. The lowest BCUT2D eigenvalue weighted by atomic mass is 10.1. The van der Waals surface area contributed by atoms with Crippen LogP contribution in [0.4, 0.5) is 0 Å². The Bertz CT molecular complexity index is 1400. The zero-order chi connectivity index (χ0) is 23.8. The number of unbranched alkanes of at least 4 members (excludes halogenated alkanes) is 1. The molecule has 1 aliphatic heterocycles. The summed E-state index contributed by atoms with van der Waals surface area (Å²) in [6, 6.07) is 16.8. The molecular weight excluding hydrogens is 448 g/mol. The highest BCUT2D eigenvalue weighted by Crippen LogP contribution is 2.36. The van der Waals surface area contributed by atoms with Gasteiger partial charge in [-0.25, -0.2) is 4.79 Å². The highest BCUT2D eigenvalue weighted by atomic mass is 32.1. The van der Waals surface area contributed by atoms with Gasteiger partial charge in [0.1, 0.15) is 0 Å². The van der Waals surface area contributed by atoms with E-state index in [0.29, 0.717) is 36.2 Å². The average molecular weight is 473 g/mol. The first-order valence-electron chi connectivity index (χ1n) is 11.2. The standard InChI is InChI=1S/C27H24N2O4S/c1-17-9-12-24(34-17)22-16-28(23-15-18(27(32)33-2)10-11-19(22)23)13-5-6-14-29-25(30)20-7-3-4-8-21(20)26(29)31/h3-4,7-12,15-16H,5-6,13-14H2,1-2H3. The fourth-order valence-corrected chi connectivity index (χ4v) is 5.38. The first kappa shape index (κ1) is 22.1. The van der Waals surface area contributed by atoms with Crippen LogP contribution in [-0.4, -0.2) is 40.9 Å². The van der Waals surface area contributed by atoms with Crippen LogP contribution >= 0.6 is 11.3 Å². The van der Waals surface area contributed by atoms with Crippen LogP contribution in [0.1, 0.15) is 48.8 Å². The number of hydrogen-bond acceptors (Lipinski definition) is 5. The summed E-state index contributed by atoms with van der Waals surface area (Å²) in [5, 5.41) is 1.08. The zero-order valence-electron chi connectivity index (χ0n) is 19.0. The van der Waals surface area contributed by atoms with E-state index in [1.807, 2.05) is 12.1 Å². The van der Waals surface area contributed by atoms with Crippen LogP contribution in [-0.2, 0) is 11.3 Å². The number of esters is 1. The molecule has 0 spiro atoms. The van der Waals surface area contributed by atoms with Crippen LogP contribution in [0.3, 0.4) is 0 Å². The molecule has 0 bridgehead atoms. The van der Waals surface area contributed by atoms with Gasteiger partial charge in [0, 0.05) is 45.5 Å². The smallest absolute Gasteiger partial charge is 0.337 e. The zero-order valence-corrected chi connectivity index (χ0v) is 19.9. The van der Waals surface area contributed by atoms with Crippen molar-refractivity contribution in [1.82, 2.24) is 9.47 Å². The van der Waals surface area contributed by atoms with E-state index in [1.165, 1.54) is 21.8 Å². The average Bonchev–Trinajstić information content (AvgIpc) is 3.51. The molecule has 0 radical (unpaired) electrons. The summed E-state index contributed by atoms with van der Waals surface area (Å²) in [7, 11) is 1.38. The molecule has 3 heterocycles. The highest BCUT2D eigenvalue weighted by molar-refractivity contribution is 7.15. The van der Waals surface area contributed by atoms with Crippen molar-refractivity contribution in [1.29, 1.82) is 0 Å². The number of nitrogens with zero attached hydrogens (tertiary/aromatic N) is 2. The van der Waals surface area contributed by atoms with Gasteiger partial charge in [-0.2, -0.15) is 0 Å². The number of imide groups is 1. The normalized spacial score (nSPS) is 13.1. The SMILES string of the molecule is COC(=O)c1ccc2c(-c3ccc(C)s3)cn(CCCCN3C(=O)c4ccccc4C3=O)c2c1. The molecular formula is C27H24N2O4S. The van der Waals surface area contributed by atoms with Gasteiger partial charge in [-0.15, -0.1) is 11.3 Å². The van der Waals surface area contributed by atoms with Gasteiger partial charge >= 0.3 is 5.97 Å². The molecule has 0 atom stereocenters. The van der Waals surface area contributed by atoms with Gasteiger partial charge in [0.2, 0.25) is 0 Å². The number of carbonyl (C=O) groups excluding carboxylic acids is 3. The minimum Gasteiger partial charge on any atom is -0.465 e. The Hall–Kier alpha value is -3.71. The van der Waals surface area contributed by atoms with Gasteiger partial charge in [0.05, 0.1) is 23.8 Å². The molecule has 0 unspecified atom stereocenters. The van der Waals surface area contributed by atoms with Crippen molar-refractivity contribution in [2.24, 2.45) is 0 Å². The second kappa shape index (κ2) is 8.91. The molecule has 0 aliphatic carbocycles. The lowest BCUT2D eigenvalue weighted by molar-refractivity contribution is 0.0598. The van der Waals surface area contributed by atoms with Gasteiger partial charge in [-0.05, 0) is 56.2 Å². The lowest BCUT2D eigenvalue weighted by Gasteiger charge is -2.14. The van der Waals surface area contributed by atoms with Gasteiger partial charge in [0.25, 0.3) is 11.8 Å².